The van der Waals surface area contributed by atoms with Crippen molar-refractivity contribution in [3.05, 3.63) is 77.1 Å². The number of halogens is 1. The van der Waals surface area contributed by atoms with E-state index in [1.54, 1.807) is 6.20 Å². The maximum absolute atomic E-state index is 6.08. The maximum Gasteiger partial charge on any atom is 0.121 e. The molecule has 23 heavy (non-hydrogen) atoms. The van der Waals surface area contributed by atoms with Crippen molar-refractivity contribution in [2.45, 2.75) is 27.4 Å². The number of aryl methyl sites for hydroxylation is 1. The van der Waals surface area contributed by atoms with E-state index in [0.717, 1.165) is 27.6 Å². The minimum Gasteiger partial charge on any atom is -0.489 e. The Labute approximate surface area is 142 Å². The van der Waals surface area contributed by atoms with Gasteiger partial charge in [0, 0.05) is 17.4 Å². The molecule has 0 spiro atoms. The highest BCUT2D eigenvalue weighted by molar-refractivity contribution is 6.31. The molecule has 0 aliphatic carbocycles. The van der Waals surface area contributed by atoms with Gasteiger partial charge < -0.3 is 4.74 Å². The standard InChI is InChI=1S/C17H15ClN2O.C2H6/c1-13-3-8-16(11-17(13)18)21-12-14-4-6-15(7-5-14)20-10-2-9-19-20;1-2/h2-11H,12H2,1H3;1-2H3. The molecule has 1 heterocycles. The van der Waals surface area contributed by atoms with Gasteiger partial charge >= 0.3 is 0 Å². The first-order valence-corrected chi connectivity index (χ1v) is 8.08. The van der Waals surface area contributed by atoms with Crippen LogP contribution in [0.15, 0.2) is 60.9 Å². The van der Waals surface area contributed by atoms with E-state index in [1.165, 1.54) is 0 Å². The zero-order chi connectivity index (χ0) is 16.7. The number of benzene rings is 2. The third-order valence-electron chi connectivity index (χ3n) is 3.25. The Morgan fingerprint density at radius 1 is 1.09 bits per heavy atom. The fraction of sp³-hybridized carbons (Fsp3) is 0.211. The summed E-state index contributed by atoms with van der Waals surface area (Å²) in [5.41, 5.74) is 3.18. The fourth-order valence-corrected chi connectivity index (χ4v) is 2.17. The molecule has 3 nitrogen and oxygen atoms in total. The molecule has 120 valence electrons. The van der Waals surface area contributed by atoms with Gasteiger partial charge in [-0.15, -0.1) is 0 Å². The van der Waals surface area contributed by atoms with Crippen molar-refractivity contribution in [1.29, 1.82) is 0 Å². The van der Waals surface area contributed by atoms with Crippen LogP contribution in [0.1, 0.15) is 25.0 Å². The summed E-state index contributed by atoms with van der Waals surface area (Å²) in [4.78, 5) is 0. The van der Waals surface area contributed by atoms with Gasteiger partial charge in [0.05, 0.1) is 5.69 Å². The van der Waals surface area contributed by atoms with Gasteiger partial charge in [-0.25, -0.2) is 4.68 Å². The summed E-state index contributed by atoms with van der Waals surface area (Å²) in [6.45, 7) is 6.49. The second-order valence-corrected chi connectivity index (χ2v) is 5.22. The second kappa shape index (κ2) is 8.39. The van der Waals surface area contributed by atoms with Crippen molar-refractivity contribution >= 4 is 11.6 Å². The molecule has 1 aromatic heterocycles. The summed E-state index contributed by atoms with van der Waals surface area (Å²) in [7, 11) is 0. The summed E-state index contributed by atoms with van der Waals surface area (Å²) in [5, 5.41) is 4.92. The highest BCUT2D eigenvalue weighted by Gasteiger charge is 2.01. The van der Waals surface area contributed by atoms with Crippen molar-refractivity contribution in [2.24, 2.45) is 0 Å². The van der Waals surface area contributed by atoms with Gasteiger partial charge in [-0.3, -0.25) is 0 Å². The van der Waals surface area contributed by atoms with Crippen LogP contribution in [0.4, 0.5) is 0 Å². The lowest BCUT2D eigenvalue weighted by molar-refractivity contribution is 0.306. The lowest BCUT2D eigenvalue weighted by Gasteiger charge is -2.08. The van der Waals surface area contributed by atoms with Crippen LogP contribution in [0.2, 0.25) is 5.02 Å². The minimum absolute atomic E-state index is 0.513. The Balaban J connectivity index is 0.000000924. The molecule has 0 amide bonds. The van der Waals surface area contributed by atoms with Crippen LogP contribution in [-0.4, -0.2) is 9.78 Å². The Hall–Kier alpha value is -2.26. The number of aromatic nitrogens is 2. The van der Waals surface area contributed by atoms with Gasteiger partial charge in [0.25, 0.3) is 0 Å². The van der Waals surface area contributed by atoms with Crippen LogP contribution in [0.3, 0.4) is 0 Å². The molecule has 0 saturated carbocycles. The molecule has 0 aliphatic heterocycles. The van der Waals surface area contributed by atoms with E-state index in [4.69, 9.17) is 16.3 Å². The number of hydrogen-bond acceptors (Lipinski definition) is 2. The molecule has 4 heteroatoms. The van der Waals surface area contributed by atoms with Crippen LogP contribution < -0.4 is 4.74 Å². The molecular formula is C19H21ClN2O. The largest absolute Gasteiger partial charge is 0.489 e. The summed E-state index contributed by atoms with van der Waals surface area (Å²) in [6, 6.07) is 15.7. The molecule has 0 atom stereocenters. The zero-order valence-electron chi connectivity index (χ0n) is 13.7. The topological polar surface area (TPSA) is 27.1 Å². The van der Waals surface area contributed by atoms with E-state index in [9.17, 15) is 0 Å². The summed E-state index contributed by atoms with van der Waals surface area (Å²) < 4.78 is 7.58. The summed E-state index contributed by atoms with van der Waals surface area (Å²) in [5.74, 6) is 0.779. The second-order valence-electron chi connectivity index (χ2n) is 4.82. The highest BCUT2D eigenvalue weighted by Crippen LogP contribution is 2.22. The average Bonchev–Trinajstić information content (AvgIpc) is 3.13. The molecule has 0 fully saturated rings. The number of nitrogens with zero attached hydrogens (tertiary/aromatic N) is 2. The van der Waals surface area contributed by atoms with Crippen LogP contribution in [0.5, 0.6) is 5.75 Å². The maximum atomic E-state index is 6.08. The van der Waals surface area contributed by atoms with Gasteiger partial charge in [-0.2, -0.15) is 5.10 Å². The minimum atomic E-state index is 0.513. The van der Waals surface area contributed by atoms with E-state index < -0.39 is 0 Å². The Morgan fingerprint density at radius 3 is 2.43 bits per heavy atom. The van der Waals surface area contributed by atoms with Gasteiger partial charge in [-0.1, -0.05) is 43.6 Å². The Bertz CT molecular complexity index is 722. The molecule has 0 N–H and O–H groups in total. The van der Waals surface area contributed by atoms with Crippen LogP contribution in [-0.2, 0) is 6.61 Å². The van der Waals surface area contributed by atoms with Crippen molar-refractivity contribution in [3.8, 4) is 11.4 Å². The van der Waals surface area contributed by atoms with Gasteiger partial charge in [0.2, 0.25) is 0 Å². The number of hydrogen-bond donors (Lipinski definition) is 0. The van der Waals surface area contributed by atoms with Crippen molar-refractivity contribution < 1.29 is 4.74 Å². The zero-order valence-corrected chi connectivity index (χ0v) is 14.4. The number of ether oxygens (including phenoxy) is 1. The number of rotatable bonds is 4. The van der Waals surface area contributed by atoms with Crippen LogP contribution in [0.25, 0.3) is 5.69 Å². The molecule has 0 saturated heterocycles. The average molecular weight is 329 g/mol. The van der Waals surface area contributed by atoms with Crippen LogP contribution >= 0.6 is 11.6 Å². The summed E-state index contributed by atoms with van der Waals surface area (Å²) in [6.07, 6.45) is 3.68. The first-order chi connectivity index (χ1) is 11.2. The Kier molecular flexibility index (Phi) is 6.24. The third-order valence-corrected chi connectivity index (χ3v) is 3.66. The first-order valence-electron chi connectivity index (χ1n) is 7.70. The third kappa shape index (κ3) is 4.60. The van der Waals surface area contributed by atoms with Crippen LogP contribution in [0, 0.1) is 6.92 Å². The molecule has 0 bridgehead atoms. The molecule has 0 unspecified atom stereocenters. The molecule has 2 aromatic carbocycles. The van der Waals surface area contributed by atoms with Gasteiger partial charge in [0.15, 0.2) is 0 Å². The van der Waals surface area contributed by atoms with E-state index in [1.807, 2.05) is 80.2 Å². The lowest BCUT2D eigenvalue weighted by Crippen LogP contribution is -1.98. The first kappa shape index (κ1) is 17.1. The smallest absolute Gasteiger partial charge is 0.121 e. The molecule has 3 aromatic rings. The van der Waals surface area contributed by atoms with E-state index >= 15 is 0 Å². The normalized spacial score (nSPS) is 9.91. The van der Waals surface area contributed by atoms with Crippen molar-refractivity contribution in [2.75, 3.05) is 0 Å². The molecule has 0 aliphatic rings. The fourth-order valence-electron chi connectivity index (χ4n) is 2.00. The van der Waals surface area contributed by atoms with Gasteiger partial charge in [-0.05, 0) is 48.4 Å². The molecule has 3 rings (SSSR count). The quantitative estimate of drug-likeness (QED) is 0.637. The van der Waals surface area contributed by atoms with Crippen molar-refractivity contribution in [3.63, 3.8) is 0 Å². The predicted molar refractivity (Wildman–Crippen MR) is 95.4 cm³/mol. The van der Waals surface area contributed by atoms with E-state index in [2.05, 4.69) is 5.10 Å². The van der Waals surface area contributed by atoms with Crippen molar-refractivity contribution in [1.82, 2.24) is 9.78 Å². The summed E-state index contributed by atoms with van der Waals surface area (Å²) >= 11 is 6.08. The lowest BCUT2D eigenvalue weighted by atomic mass is 10.2. The van der Waals surface area contributed by atoms with E-state index in [-0.39, 0.29) is 0 Å². The van der Waals surface area contributed by atoms with E-state index in [0.29, 0.717) is 6.61 Å². The van der Waals surface area contributed by atoms with Gasteiger partial charge in [0.1, 0.15) is 12.4 Å². The SMILES string of the molecule is CC.Cc1ccc(OCc2ccc(-n3cccn3)cc2)cc1Cl. The predicted octanol–water partition coefficient (Wildman–Crippen LogP) is 5.44. The molecular weight excluding hydrogens is 308 g/mol. The monoisotopic (exact) mass is 328 g/mol. The molecule has 0 radical (unpaired) electrons. The Morgan fingerprint density at radius 2 is 1.83 bits per heavy atom. The highest BCUT2D eigenvalue weighted by atomic mass is 35.5.